The molecule has 68 valence electrons. The molecule has 0 saturated heterocycles. The molecule has 1 aromatic rings. The van der Waals surface area contributed by atoms with Crippen LogP contribution in [0.3, 0.4) is 0 Å². The van der Waals surface area contributed by atoms with Crippen molar-refractivity contribution in [1.29, 1.82) is 0 Å². The molecule has 1 rings (SSSR count). The second-order valence-electron chi connectivity index (χ2n) is 2.85. The molecular weight excluding hydrogens is 150 g/mol. The summed E-state index contributed by atoms with van der Waals surface area (Å²) in [5.74, 6) is 0. The number of nitrogens with zero attached hydrogens (tertiary/aromatic N) is 2. The standard InChI is InChI=1S/C9H17N3/c1-3-12-9(6-8-11-12)5-4-7-10-2/h6,8,10H,3-5,7H2,1-2H3. The van der Waals surface area contributed by atoms with Crippen LogP contribution in [-0.2, 0) is 13.0 Å². The second-order valence-corrected chi connectivity index (χ2v) is 2.85. The average Bonchev–Trinajstić information content (AvgIpc) is 2.52. The molecule has 0 atom stereocenters. The van der Waals surface area contributed by atoms with Gasteiger partial charge in [-0.2, -0.15) is 5.10 Å². The molecule has 0 unspecified atom stereocenters. The van der Waals surface area contributed by atoms with Gasteiger partial charge >= 0.3 is 0 Å². The fourth-order valence-electron chi connectivity index (χ4n) is 1.30. The molecule has 0 aromatic carbocycles. The first-order chi connectivity index (χ1) is 5.88. The largest absolute Gasteiger partial charge is 0.320 e. The number of nitrogens with one attached hydrogen (secondary N) is 1. The van der Waals surface area contributed by atoms with Gasteiger partial charge in [-0.05, 0) is 39.4 Å². The van der Waals surface area contributed by atoms with Crippen LogP contribution in [0.4, 0.5) is 0 Å². The van der Waals surface area contributed by atoms with Gasteiger partial charge in [-0.1, -0.05) is 0 Å². The van der Waals surface area contributed by atoms with Crippen LogP contribution in [0.25, 0.3) is 0 Å². The summed E-state index contributed by atoms with van der Waals surface area (Å²) in [6, 6.07) is 2.10. The van der Waals surface area contributed by atoms with E-state index in [1.165, 1.54) is 12.1 Å². The molecule has 1 heterocycles. The van der Waals surface area contributed by atoms with E-state index in [1.807, 2.05) is 13.2 Å². The SMILES string of the molecule is CCn1nccc1CCCNC. The first kappa shape index (κ1) is 9.26. The number of hydrogen-bond acceptors (Lipinski definition) is 2. The monoisotopic (exact) mass is 167 g/mol. The van der Waals surface area contributed by atoms with E-state index in [0.717, 1.165) is 19.5 Å². The Morgan fingerprint density at radius 1 is 1.58 bits per heavy atom. The first-order valence-electron chi connectivity index (χ1n) is 4.53. The van der Waals surface area contributed by atoms with E-state index in [2.05, 4.69) is 28.1 Å². The topological polar surface area (TPSA) is 29.9 Å². The highest BCUT2D eigenvalue weighted by Gasteiger charge is 1.98. The van der Waals surface area contributed by atoms with E-state index in [1.54, 1.807) is 0 Å². The zero-order valence-electron chi connectivity index (χ0n) is 7.88. The lowest BCUT2D eigenvalue weighted by Gasteiger charge is -2.03. The summed E-state index contributed by atoms with van der Waals surface area (Å²) in [7, 11) is 1.98. The molecule has 0 aliphatic heterocycles. The highest BCUT2D eigenvalue weighted by molar-refractivity contribution is 5.00. The number of hydrogen-bond donors (Lipinski definition) is 1. The molecule has 0 aliphatic rings. The average molecular weight is 167 g/mol. The normalized spacial score (nSPS) is 10.5. The molecule has 1 N–H and O–H groups in total. The predicted molar refractivity (Wildman–Crippen MR) is 50.1 cm³/mol. The van der Waals surface area contributed by atoms with Gasteiger partial charge in [0.15, 0.2) is 0 Å². The van der Waals surface area contributed by atoms with Crippen LogP contribution < -0.4 is 5.32 Å². The summed E-state index contributed by atoms with van der Waals surface area (Å²) in [6.45, 7) is 4.17. The maximum Gasteiger partial charge on any atom is 0.0492 e. The van der Waals surface area contributed by atoms with Gasteiger partial charge in [-0.3, -0.25) is 4.68 Å². The molecular formula is C9H17N3. The molecule has 0 radical (unpaired) electrons. The molecule has 0 bridgehead atoms. The summed E-state index contributed by atoms with van der Waals surface area (Å²) >= 11 is 0. The summed E-state index contributed by atoms with van der Waals surface area (Å²) in [5, 5.41) is 7.35. The lowest BCUT2D eigenvalue weighted by Crippen LogP contribution is -2.10. The van der Waals surface area contributed by atoms with Crippen LogP contribution in [0.2, 0.25) is 0 Å². The number of aromatic nitrogens is 2. The lowest BCUT2D eigenvalue weighted by atomic mass is 10.2. The first-order valence-corrected chi connectivity index (χ1v) is 4.53. The van der Waals surface area contributed by atoms with E-state index in [-0.39, 0.29) is 0 Å². The van der Waals surface area contributed by atoms with Crippen molar-refractivity contribution >= 4 is 0 Å². The van der Waals surface area contributed by atoms with Gasteiger partial charge in [-0.15, -0.1) is 0 Å². The van der Waals surface area contributed by atoms with Gasteiger partial charge in [0.1, 0.15) is 0 Å². The smallest absolute Gasteiger partial charge is 0.0492 e. The Labute approximate surface area is 73.8 Å². The Morgan fingerprint density at radius 2 is 2.42 bits per heavy atom. The summed E-state index contributed by atoms with van der Waals surface area (Å²) in [5.41, 5.74) is 1.34. The minimum absolute atomic E-state index is 0.974. The minimum Gasteiger partial charge on any atom is -0.320 e. The van der Waals surface area contributed by atoms with Crippen LogP contribution in [0, 0.1) is 0 Å². The third-order valence-electron chi connectivity index (χ3n) is 1.96. The van der Waals surface area contributed by atoms with Crippen LogP contribution >= 0.6 is 0 Å². The van der Waals surface area contributed by atoms with Gasteiger partial charge in [0.2, 0.25) is 0 Å². The van der Waals surface area contributed by atoms with E-state index in [9.17, 15) is 0 Å². The van der Waals surface area contributed by atoms with Gasteiger partial charge in [0.05, 0.1) is 0 Å². The van der Waals surface area contributed by atoms with Gasteiger partial charge in [-0.25, -0.2) is 0 Å². The minimum atomic E-state index is 0.974. The maximum atomic E-state index is 4.21. The van der Waals surface area contributed by atoms with Crippen molar-refractivity contribution in [2.75, 3.05) is 13.6 Å². The van der Waals surface area contributed by atoms with Crippen LogP contribution in [0.5, 0.6) is 0 Å². The van der Waals surface area contributed by atoms with Gasteiger partial charge in [0.25, 0.3) is 0 Å². The fraction of sp³-hybridized carbons (Fsp3) is 0.667. The number of rotatable bonds is 5. The molecule has 3 nitrogen and oxygen atoms in total. The quantitative estimate of drug-likeness (QED) is 0.664. The molecule has 1 aromatic heterocycles. The van der Waals surface area contributed by atoms with Crippen molar-refractivity contribution in [3.63, 3.8) is 0 Å². The zero-order valence-corrected chi connectivity index (χ0v) is 7.88. The van der Waals surface area contributed by atoms with Crippen LogP contribution in [-0.4, -0.2) is 23.4 Å². The molecule has 0 amide bonds. The maximum absolute atomic E-state index is 4.21. The Bertz CT molecular complexity index is 217. The molecule has 0 aliphatic carbocycles. The molecule has 3 heteroatoms. The molecule has 12 heavy (non-hydrogen) atoms. The Morgan fingerprint density at radius 3 is 3.08 bits per heavy atom. The third kappa shape index (κ3) is 2.34. The Balaban J connectivity index is 2.39. The van der Waals surface area contributed by atoms with E-state index < -0.39 is 0 Å². The van der Waals surface area contributed by atoms with Gasteiger partial charge in [0, 0.05) is 18.4 Å². The van der Waals surface area contributed by atoms with E-state index >= 15 is 0 Å². The zero-order chi connectivity index (χ0) is 8.81. The molecule has 0 spiro atoms. The van der Waals surface area contributed by atoms with Crippen molar-refractivity contribution in [3.05, 3.63) is 18.0 Å². The van der Waals surface area contributed by atoms with Crippen molar-refractivity contribution in [2.45, 2.75) is 26.3 Å². The predicted octanol–water partition coefficient (Wildman–Crippen LogP) is 1.05. The van der Waals surface area contributed by atoms with Crippen molar-refractivity contribution in [2.24, 2.45) is 0 Å². The summed E-state index contributed by atoms with van der Waals surface area (Å²) in [4.78, 5) is 0. The van der Waals surface area contributed by atoms with Crippen molar-refractivity contribution in [1.82, 2.24) is 15.1 Å². The highest BCUT2D eigenvalue weighted by Crippen LogP contribution is 2.01. The molecule has 0 saturated carbocycles. The van der Waals surface area contributed by atoms with Crippen LogP contribution in [0.15, 0.2) is 12.3 Å². The summed E-state index contributed by atoms with van der Waals surface area (Å²) < 4.78 is 2.05. The van der Waals surface area contributed by atoms with Crippen molar-refractivity contribution in [3.8, 4) is 0 Å². The Kier molecular flexibility index (Phi) is 3.80. The lowest BCUT2D eigenvalue weighted by molar-refractivity contribution is 0.603. The molecule has 0 fully saturated rings. The third-order valence-corrected chi connectivity index (χ3v) is 1.96. The fourth-order valence-corrected chi connectivity index (χ4v) is 1.30. The number of aryl methyl sites for hydroxylation is 2. The van der Waals surface area contributed by atoms with Crippen LogP contribution in [0.1, 0.15) is 19.0 Å². The summed E-state index contributed by atoms with van der Waals surface area (Å²) in [6.07, 6.45) is 4.18. The van der Waals surface area contributed by atoms with Crippen molar-refractivity contribution < 1.29 is 0 Å². The van der Waals surface area contributed by atoms with E-state index in [0.29, 0.717) is 0 Å². The highest BCUT2D eigenvalue weighted by atomic mass is 15.3. The Hall–Kier alpha value is -0.830. The van der Waals surface area contributed by atoms with E-state index in [4.69, 9.17) is 0 Å². The second kappa shape index (κ2) is 4.93. The van der Waals surface area contributed by atoms with Gasteiger partial charge < -0.3 is 5.32 Å².